The molecule has 0 heterocycles. The summed E-state index contributed by atoms with van der Waals surface area (Å²) in [5, 5.41) is 19.3. The number of nitriles is 1. The molecule has 0 bridgehead atoms. The van der Waals surface area contributed by atoms with Crippen LogP contribution in [0.3, 0.4) is 0 Å². The second-order valence-corrected chi connectivity index (χ2v) is 3.19. The smallest absolute Gasteiger partial charge is 0.281 e. The monoisotopic (exact) mass is 239 g/mol. The third-order valence-electron chi connectivity index (χ3n) is 2.10. The summed E-state index contributed by atoms with van der Waals surface area (Å²) in [6, 6.07) is 2.71. The van der Waals surface area contributed by atoms with Crippen LogP contribution >= 0.6 is 0 Å². The molecule has 2 N–H and O–H groups in total. The summed E-state index contributed by atoms with van der Waals surface area (Å²) in [5.74, 6) is -2.61. The summed E-state index contributed by atoms with van der Waals surface area (Å²) in [7, 11) is 0. The molecule has 0 fully saturated rings. The molecule has 17 heavy (non-hydrogen) atoms. The van der Waals surface area contributed by atoms with E-state index in [1.165, 1.54) is 6.92 Å². The average Bonchev–Trinajstić information content (AvgIpc) is 2.29. The minimum Gasteiger partial charge on any atom is -0.397 e. The van der Waals surface area contributed by atoms with Gasteiger partial charge in [0.25, 0.3) is 5.69 Å². The fourth-order valence-corrected chi connectivity index (χ4v) is 1.17. The van der Waals surface area contributed by atoms with Crippen LogP contribution < -0.4 is 5.73 Å². The van der Waals surface area contributed by atoms with Gasteiger partial charge in [0.2, 0.25) is 0 Å². The van der Waals surface area contributed by atoms with Crippen LogP contribution in [0.25, 0.3) is 5.70 Å². The van der Waals surface area contributed by atoms with Crippen LogP contribution in [0, 0.1) is 33.1 Å². The number of hydrogen-bond acceptors (Lipinski definition) is 4. The fraction of sp³-hybridized carbons (Fsp3) is 0.100. The van der Waals surface area contributed by atoms with Gasteiger partial charge in [-0.15, -0.1) is 0 Å². The topological polar surface area (TPSA) is 93.0 Å². The van der Waals surface area contributed by atoms with E-state index < -0.39 is 22.2 Å². The Balaban J connectivity index is 3.59. The number of nitrogens with zero attached hydrogens (tertiary/aromatic N) is 2. The zero-order valence-corrected chi connectivity index (χ0v) is 8.70. The highest BCUT2D eigenvalue weighted by atomic mass is 19.2. The first kappa shape index (κ1) is 12.6. The maximum absolute atomic E-state index is 13.0. The Morgan fingerprint density at radius 2 is 2.00 bits per heavy atom. The molecule has 0 aliphatic carbocycles. The lowest BCUT2D eigenvalue weighted by atomic mass is 10.1. The first-order valence-corrected chi connectivity index (χ1v) is 4.38. The Morgan fingerprint density at radius 3 is 2.47 bits per heavy atom. The maximum atomic E-state index is 13.0. The van der Waals surface area contributed by atoms with Gasteiger partial charge >= 0.3 is 0 Å². The van der Waals surface area contributed by atoms with Crippen molar-refractivity contribution in [2.24, 2.45) is 5.73 Å². The molecule has 0 aliphatic heterocycles. The molecule has 0 unspecified atom stereocenters. The van der Waals surface area contributed by atoms with Crippen LogP contribution in [0.5, 0.6) is 0 Å². The van der Waals surface area contributed by atoms with Crippen LogP contribution in [0.15, 0.2) is 17.7 Å². The molecule has 0 atom stereocenters. The predicted molar refractivity (Wildman–Crippen MR) is 55.4 cm³/mol. The highest BCUT2D eigenvalue weighted by Gasteiger charge is 2.21. The number of hydrogen-bond donors (Lipinski definition) is 1. The van der Waals surface area contributed by atoms with Gasteiger partial charge in [0.15, 0.2) is 11.6 Å². The third-order valence-corrected chi connectivity index (χ3v) is 2.10. The van der Waals surface area contributed by atoms with E-state index in [9.17, 15) is 18.9 Å². The Kier molecular flexibility index (Phi) is 3.38. The van der Waals surface area contributed by atoms with Crippen molar-refractivity contribution in [3.8, 4) is 6.07 Å². The Hall–Kier alpha value is -2.49. The second kappa shape index (κ2) is 4.57. The molecule has 1 rings (SSSR count). The standard InChI is InChI=1S/C10H7F2N3O2/c1-5(4-13)10(14)6-2-7(11)8(12)3-9(6)15(16)17/h2-3H,14H2,1H3/b10-5-. The summed E-state index contributed by atoms with van der Waals surface area (Å²) >= 11 is 0. The Bertz CT molecular complexity index is 561. The lowest BCUT2D eigenvalue weighted by molar-refractivity contribution is -0.385. The molecule has 7 heteroatoms. The van der Waals surface area contributed by atoms with Crippen molar-refractivity contribution in [3.63, 3.8) is 0 Å². The van der Waals surface area contributed by atoms with Crippen molar-refractivity contribution in [1.82, 2.24) is 0 Å². The third kappa shape index (κ3) is 2.36. The van der Waals surface area contributed by atoms with E-state index in [4.69, 9.17) is 11.0 Å². The quantitative estimate of drug-likeness (QED) is 0.485. The first-order valence-electron chi connectivity index (χ1n) is 4.38. The predicted octanol–water partition coefficient (Wildman–Crippen LogP) is 2.09. The van der Waals surface area contributed by atoms with Gasteiger partial charge in [0.05, 0.1) is 33.9 Å². The summed E-state index contributed by atoms with van der Waals surface area (Å²) < 4.78 is 25.9. The maximum Gasteiger partial charge on any atom is 0.281 e. The van der Waals surface area contributed by atoms with Crippen molar-refractivity contribution < 1.29 is 13.7 Å². The molecule has 1 aromatic carbocycles. The van der Waals surface area contributed by atoms with Gasteiger partial charge < -0.3 is 5.73 Å². The van der Waals surface area contributed by atoms with Crippen molar-refractivity contribution >= 4 is 11.4 Å². The van der Waals surface area contributed by atoms with Gasteiger partial charge in [-0.2, -0.15) is 5.26 Å². The van der Waals surface area contributed by atoms with E-state index >= 15 is 0 Å². The van der Waals surface area contributed by atoms with Crippen molar-refractivity contribution in [2.45, 2.75) is 6.92 Å². The number of nitro groups is 1. The van der Waals surface area contributed by atoms with Crippen LogP contribution in [0.1, 0.15) is 12.5 Å². The van der Waals surface area contributed by atoms with Crippen LogP contribution in [-0.4, -0.2) is 4.92 Å². The van der Waals surface area contributed by atoms with Gasteiger partial charge in [-0.25, -0.2) is 8.78 Å². The van der Waals surface area contributed by atoms with E-state index in [0.717, 1.165) is 0 Å². The van der Waals surface area contributed by atoms with E-state index in [2.05, 4.69) is 0 Å². The Labute approximate surface area is 94.9 Å². The molecule has 1 aromatic rings. The van der Waals surface area contributed by atoms with Crippen LogP contribution in [0.2, 0.25) is 0 Å². The molecule has 5 nitrogen and oxygen atoms in total. The minimum atomic E-state index is -1.34. The van der Waals surface area contributed by atoms with E-state index in [1.807, 2.05) is 0 Å². The zero-order chi connectivity index (χ0) is 13.2. The van der Waals surface area contributed by atoms with Gasteiger partial charge in [0, 0.05) is 0 Å². The summed E-state index contributed by atoms with van der Waals surface area (Å²) in [5.41, 5.74) is 4.21. The van der Waals surface area contributed by atoms with E-state index in [1.54, 1.807) is 6.07 Å². The van der Waals surface area contributed by atoms with Crippen molar-refractivity contribution in [1.29, 1.82) is 5.26 Å². The second-order valence-electron chi connectivity index (χ2n) is 3.19. The number of nitrogens with two attached hydrogens (primary N) is 1. The lowest BCUT2D eigenvalue weighted by Gasteiger charge is -2.05. The lowest BCUT2D eigenvalue weighted by Crippen LogP contribution is -2.05. The number of nitro benzene ring substituents is 1. The van der Waals surface area contributed by atoms with Crippen molar-refractivity contribution in [2.75, 3.05) is 0 Å². The molecule has 0 aromatic heterocycles. The summed E-state index contributed by atoms with van der Waals surface area (Å²) in [6.07, 6.45) is 0. The molecule has 88 valence electrons. The SMILES string of the molecule is C/C(C#N)=C(/N)c1cc(F)c(F)cc1[N+](=O)[O-]. The normalized spacial score (nSPS) is 11.6. The Morgan fingerprint density at radius 1 is 1.47 bits per heavy atom. The molecule has 0 saturated heterocycles. The largest absolute Gasteiger partial charge is 0.397 e. The first-order chi connectivity index (χ1) is 7.88. The minimum absolute atomic E-state index is 0.0147. The van der Waals surface area contributed by atoms with Gasteiger partial charge in [0.1, 0.15) is 0 Å². The molecule has 0 aliphatic rings. The van der Waals surface area contributed by atoms with Gasteiger partial charge in [-0.3, -0.25) is 10.1 Å². The molecule has 0 amide bonds. The van der Waals surface area contributed by atoms with Crippen LogP contribution in [0.4, 0.5) is 14.5 Å². The number of rotatable bonds is 2. The molecule has 0 spiro atoms. The van der Waals surface area contributed by atoms with Crippen molar-refractivity contribution in [3.05, 3.63) is 45.0 Å². The molecule has 0 saturated carbocycles. The van der Waals surface area contributed by atoms with Gasteiger partial charge in [-0.1, -0.05) is 0 Å². The van der Waals surface area contributed by atoms with E-state index in [-0.39, 0.29) is 16.8 Å². The van der Waals surface area contributed by atoms with E-state index in [0.29, 0.717) is 12.1 Å². The number of halogens is 2. The molecular weight excluding hydrogens is 232 g/mol. The zero-order valence-electron chi connectivity index (χ0n) is 8.70. The summed E-state index contributed by atoms with van der Waals surface area (Å²) in [6.45, 7) is 1.32. The number of allylic oxidation sites excluding steroid dienone is 1. The fourth-order valence-electron chi connectivity index (χ4n) is 1.17. The number of benzene rings is 1. The molecule has 0 radical (unpaired) electrons. The highest BCUT2D eigenvalue weighted by Crippen LogP contribution is 2.27. The van der Waals surface area contributed by atoms with Gasteiger partial charge in [-0.05, 0) is 13.0 Å². The molecular formula is C10H7F2N3O2. The highest BCUT2D eigenvalue weighted by molar-refractivity contribution is 5.74. The summed E-state index contributed by atoms with van der Waals surface area (Å²) in [4.78, 5) is 9.76. The van der Waals surface area contributed by atoms with Crippen LogP contribution in [-0.2, 0) is 0 Å². The average molecular weight is 239 g/mol.